The molecule has 0 amide bonds. The van der Waals surface area contributed by atoms with Gasteiger partial charge in [-0.3, -0.25) is 4.90 Å². The van der Waals surface area contributed by atoms with Gasteiger partial charge in [-0.1, -0.05) is 17.9 Å². The highest BCUT2D eigenvalue weighted by Crippen LogP contribution is 2.13. The molecule has 0 bridgehead atoms. The van der Waals surface area contributed by atoms with E-state index in [9.17, 15) is 9.50 Å². The lowest BCUT2D eigenvalue weighted by atomic mass is 10.1. The van der Waals surface area contributed by atoms with Crippen molar-refractivity contribution in [2.75, 3.05) is 20.2 Å². The molecule has 0 aliphatic heterocycles. The van der Waals surface area contributed by atoms with Gasteiger partial charge in [0, 0.05) is 24.2 Å². The molecule has 1 aromatic rings. The van der Waals surface area contributed by atoms with Gasteiger partial charge in [-0.15, -0.1) is 0 Å². The van der Waals surface area contributed by atoms with Crippen molar-refractivity contribution in [3.05, 3.63) is 35.1 Å². The maximum Gasteiger partial charge on any atom is 0.128 e. The molecule has 0 saturated carbocycles. The molecule has 19 heavy (non-hydrogen) atoms. The molecule has 0 unspecified atom stereocenters. The van der Waals surface area contributed by atoms with Gasteiger partial charge in [-0.05, 0) is 33.0 Å². The summed E-state index contributed by atoms with van der Waals surface area (Å²) in [6.07, 6.45) is 0. The Morgan fingerprint density at radius 1 is 1.37 bits per heavy atom. The zero-order valence-corrected chi connectivity index (χ0v) is 11.6. The quantitative estimate of drug-likeness (QED) is 0.808. The normalized spacial score (nSPS) is 11.3. The zero-order chi connectivity index (χ0) is 14.5. The summed E-state index contributed by atoms with van der Waals surface area (Å²) in [4.78, 5) is 1.86. The number of benzene rings is 1. The van der Waals surface area contributed by atoms with Crippen LogP contribution < -0.4 is 0 Å². The molecule has 0 aromatic heterocycles. The van der Waals surface area contributed by atoms with Crippen molar-refractivity contribution in [1.82, 2.24) is 4.90 Å². The topological polar surface area (TPSA) is 43.7 Å². The Morgan fingerprint density at radius 2 is 2.05 bits per heavy atom. The standard InChI is InChI=1S/C15H20FNO2/c1-15(2,19)11-17(3)10-13-7-6-12(5-4-8-18)9-14(13)16/h6-7,9,18-19H,8,10-11H2,1-3H3. The van der Waals surface area contributed by atoms with E-state index in [-0.39, 0.29) is 12.4 Å². The number of aliphatic hydroxyl groups excluding tert-OH is 1. The lowest BCUT2D eigenvalue weighted by Crippen LogP contribution is -2.36. The number of nitrogens with zero attached hydrogens (tertiary/aromatic N) is 1. The van der Waals surface area contributed by atoms with Crippen LogP contribution in [-0.2, 0) is 6.54 Å². The second-order valence-corrected chi connectivity index (χ2v) is 5.25. The predicted octanol–water partition coefficient (Wildman–Crippen LogP) is 1.37. The van der Waals surface area contributed by atoms with E-state index in [1.54, 1.807) is 26.0 Å². The number of hydrogen-bond donors (Lipinski definition) is 2. The van der Waals surface area contributed by atoms with E-state index in [0.29, 0.717) is 24.2 Å². The molecule has 1 aromatic carbocycles. The molecule has 104 valence electrons. The maximum absolute atomic E-state index is 13.9. The number of aliphatic hydroxyl groups is 2. The Morgan fingerprint density at radius 3 is 2.58 bits per heavy atom. The molecule has 0 atom stereocenters. The Labute approximate surface area is 113 Å². The summed E-state index contributed by atoms with van der Waals surface area (Å²) in [5.74, 6) is 4.81. The van der Waals surface area contributed by atoms with Crippen LogP contribution in [0.3, 0.4) is 0 Å². The van der Waals surface area contributed by atoms with E-state index in [0.717, 1.165) is 0 Å². The highest BCUT2D eigenvalue weighted by atomic mass is 19.1. The van der Waals surface area contributed by atoms with Crippen LogP contribution in [0.2, 0.25) is 0 Å². The molecule has 0 fully saturated rings. The molecule has 0 heterocycles. The third-order valence-electron chi connectivity index (χ3n) is 2.46. The second-order valence-electron chi connectivity index (χ2n) is 5.25. The summed E-state index contributed by atoms with van der Waals surface area (Å²) in [7, 11) is 1.83. The van der Waals surface area contributed by atoms with Crippen molar-refractivity contribution in [3.63, 3.8) is 0 Å². The summed E-state index contributed by atoms with van der Waals surface area (Å²) < 4.78 is 13.9. The zero-order valence-electron chi connectivity index (χ0n) is 11.6. The van der Waals surface area contributed by atoms with E-state index in [2.05, 4.69) is 11.8 Å². The first kappa shape index (κ1) is 15.6. The Kier molecular flexibility index (Phi) is 5.49. The molecule has 4 heteroatoms. The van der Waals surface area contributed by atoms with E-state index in [4.69, 9.17) is 5.11 Å². The Balaban J connectivity index is 2.75. The fraction of sp³-hybridized carbons (Fsp3) is 0.467. The van der Waals surface area contributed by atoms with Crippen LogP contribution >= 0.6 is 0 Å². The van der Waals surface area contributed by atoms with Gasteiger partial charge in [0.15, 0.2) is 0 Å². The summed E-state index contributed by atoms with van der Waals surface area (Å²) in [6, 6.07) is 4.76. The molecular weight excluding hydrogens is 245 g/mol. The van der Waals surface area contributed by atoms with Gasteiger partial charge in [0.1, 0.15) is 12.4 Å². The lowest BCUT2D eigenvalue weighted by molar-refractivity contribution is 0.0422. The van der Waals surface area contributed by atoms with Gasteiger partial charge >= 0.3 is 0 Å². The average molecular weight is 265 g/mol. The molecule has 0 aliphatic carbocycles. The maximum atomic E-state index is 13.9. The van der Waals surface area contributed by atoms with Gasteiger partial charge in [-0.2, -0.15) is 0 Å². The van der Waals surface area contributed by atoms with Crippen LogP contribution in [0.15, 0.2) is 18.2 Å². The van der Waals surface area contributed by atoms with E-state index in [1.807, 2.05) is 11.9 Å². The van der Waals surface area contributed by atoms with Crippen LogP contribution in [-0.4, -0.2) is 40.9 Å². The SMILES string of the molecule is CN(Cc1ccc(C#CCO)cc1F)CC(C)(C)O. The molecule has 0 saturated heterocycles. The van der Waals surface area contributed by atoms with Crippen LogP contribution in [0.5, 0.6) is 0 Å². The van der Waals surface area contributed by atoms with Gasteiger partial charge in [0.2, 0.25) is 0 Å². The van der Waals surface area contributed by atoms with Crippen LogP contribution in [0.1, 0.15) is 25.0 Å². The summed E-state index contributed by atoms with van der Waals surface area (Å²) in [5, 5.41) is 18.3. The summed E-state index contributed by atoms with van der Waals surface area (Å²) in [6.45, 7) is 4.07. The monoisotopic (exact) mass is 265 g/mol. The van der Waals surface area contributed by atoms with Gasteiger partial charge in [-0.25, -0.2) is 4.39 Å². The molecule has 1 rings (SSSR count). The van der Waals surface area contributed by atoms with Crippen molar-refractivity contribution in [2.45, 2.75) is 26.0 Å². The molecule has 0 spiro atoms. The Bertz CT molecular complexity index is 483. The molecule has 0 aliphatic rings. The van der Waals surface area contributed by atoms with E-state index < -0.39 is 5.60 Å². The highest BCUT2D eigenvalue weighted by Gasteiger charge is 2.16. The molecule has 2 N–H and O–H groups in total. The van der Waals surface area contributed by atoms with E-state index >= 15 is 0 Å². The number of likely N-dealkylation sites (N-methyl/N-ethyl adjacent to an activating group) is 1. The van der Waals surface area contributed by atoms with Crippen molar-refractivity contribution in [2.24, 2.45) is 0 Å². The molecule has 3 nitrogen and oxygen atoms in total. The van der Waals surface area contributed by atoms with Crippen molar-refractivity contribution in [3.8, 4) is 11.8 Å². The highest BCUT2D eigenvalue weighted by molar-refractivity contribution is 5.37. The third-order valence-corrected chi connectivity index (χ3v) is 2.46. The molecule has 0 radical (unpaired) electrons. The number of hydrogen-bond acceptors (Lipinski definition) is 3. The van der Waals surface area contributed by atoms with Gasteiger partial charge < -0.3 is 10.2 Å². The third kappa shape index (κ3) is 5.84. The lowest BCUT2D eigenvalue weighted by Gasteiger charge is -2.25. The van der Waals surface area contributed by atoms with Crippen LogP contribution in [0.4, 0.5) is 4.39 Å². The Hall–Kier alpha value is -1.41. The molecular formula is C15H20FNO2. The summed E-state index contributed by atoms with van der Waals surface area (Å²) >= 11 is 0. The largest absolute Gasteiger partial charge is 0.389 e. The van der Waals surface area contributed by atoms with Crippen LogP contribution in [0, 0.1) is 17.7 Å². The smallest absolute Gasteiger partial charge is 0.128 e. The van der Waals surface area contributed by atoms with Crippen LogP contribution in [0.25, 0.3) is 0 Å². The fourth-order valence-corrected chi connectivity index (χ4v) is 1.90. The summed E-state index contributed by atoms with van der Waals surface area (Å²) in [5.41, 5.74) is 0.291. The first-order valence-electron chi connectivity index (χ1n) is 6.11. The first-order valence-corrected chi connectivity index (χ1v) is 6.11. The van der Waals surface area contributed by atoms with Gasteiger partial charge in [0.05, 0.1) is 5.60 Å². The minimum Gasteiger partial charge on any atom is -0.389 e. The van der Waals surface area contributed by atoms with Gasteiger partial charge in [0.25, 0.3) is 0 Å². The minimum absolute atomic E-state index is 0.238. The van der Waals surface area contributed by atoms with Crippen molar-refractivity contribution in [1.29, 1.82) is 0 Å². The van der Waals surface area contributed by atoms with Crippen molar-refractivity contribution >= 4 is 0 Å². The number of rotatable bonds is 4. The average Bonchev–Trinajstić information content (AvgIpc) is 2.27. The van der Waals surface area contributed by atoms with Crippen molar-refractivity contribution < 1.29 is 14.6 Å². The second kappa shape index (κ2) is 6.67. The first-order chi connectivity index (χ1) is 8.81. The number of halogens is 1. The fourth-order valence-electron chi connectivity index (χ4n) is 1.90. The predicted molar refractivity (Wildman–Crippen MR) is 73.0 cm³/mol. The minimum atomic E-state index is -0.808. The van der Waals surface area contributed by atoms with E-state index in [1.165, 1.54) is 6.07 Å².